The largest absolute Gasteiger partial charge is 0.470 e. The lowest BCUT2D eigenvalue weighted by atomic mass is 10.3. The summed E-state index contributed by atoms with van der Waals surface area (Å²) in [5.74, 6) is 0.125. The van der Waals surface area contributed by atoms with Gasteiger partial charge in [-0.05, 0) is 24.3 Å². The molecule has 0 amide bonds. The SMILES string of the molecule is Fc1ccccc1-n1cnc(OCc2ccccn2)c1. The van der Waals surface area contributed by atoms with Crippen LogP contribution in [0, 0.1) is 5.82 Å². The summed E-state index contributed by atoms with van der Waals surface area (Å²) in [5, 5.41) is 0. The maximum Gasteiger partial charge on any atom is 0.232 e. The normalized spacial score (nSPS) is 10.4. The number of rotatable bonds is 4. The lowest BCUT2D eigenvalue weighted by Crippen LogP contribution is -1.97. The maximum absolute atomic E-state index is 13.6. The average molecular weight is 269 g/mol. The van der Waals surface area contributed by atoms with Gasteiger partial charge in [-0.2, -0.15) is 0 Å². The number of pyridine rings is 1. The molecule has 2 heterocycles. The number of benzene rings is 1. The van der Waals surface area contributed by atoms with E-state index in [0.717, 1.165) is 5.69 Å². The summed E-state index contributed by atoms with van der Waals surface area (Å²) in [6, 6.07) is 12.1. The molecule has 5 heteroatoms. The quantitative estimate of drug-likeness (QED) is 0.731. The Balaban J connectivity index is 1.73. The number of nitrogens with zero attached hydrogens (tertiary/aromatic N) is 3. The van der Waals surface area contributed by atoms with Crippen LogP contribution in [-0.2, 0) is 6.61 Å². The third-order valence-corrected chi connectivity index (χ3v) is 2.78. The highest BCUT2D eigenvalue weighted by molar-refractivity contribution is 5.34. The van der Waals surface area contributed by atoms with Gasteiger partial charge in [0.1, 0.15) is 18.8 Å². The van der Waals surface area contributed by atoms with E-state index in [2.05, 4.69) is 9.97 Å². The fourth-order valence-electron chi connectivity index (χ4n) is 1.80. The summed E-state index contributed by atoms with van der Waals surface area (Å²) in [7, 11) is 0. The van der Waals surface area contributed by atoms with Gasteiger partial charge in [-0.1, -0.05) is 18.2 Å². The van der Waals surface area contributed by atoms with Crippen LogP contribution in [0.25, 0.3) is 5.69 Å². The third kappa shape index (κ3) is 2.66. The third-order valence-electron chi connectivity index (χ3n) is 2.78. The zero-order valence-corrected chi connectivity index (χ0v) is 10.6. The summed E-state index contributed by atoms with van der Waals surface area (Å²) in [4.78, 5) is 8.25. The Bertz CT molecular complexity index is 697. The minimum Gasteiger partial charge on any atom is -0.470 e. The zero-order chi connectivity index (χ0) is 13.8. The van der Waals surface area contributed by atoms with E-state index in [-0.39, 0.29) is 5.82 Å². The van der Waals surface area contributed by atoms with Crippen LogP contribution >= 0.6 is 0 Å². The van der Waals surface area contributed by atoms with Gasteiger partial charge in [0.2, 0.25) is 5.88 Å². The first kappa shape index (κ1) is 12.3. The number of imidazole rings is 1. The number of hydrogen-bond donors (Lipinski definition) is 0. The van der Waals surface area contributed by atoms with Crippen molar-refractivity contribution in [2.24, 2.45) is 0 Å². The van der Waals surface area contributed by atoms with Crippen molar-refractivity contribution >= 4 is 0 Å². The Morgan fingerprint density at radius 2 is 1.90 bits per heavy atom. The van der Waals surface area contributed by atoms with Crippen molar-refractivity contribution in [2.45, 2.75) is 6.61 Å². The highest BCUT2D eigenvalue weighted by Crippen LogP contribution is 2.16. The molecule has 0 spiro atoms. The molecule has 0 aliphatic heterocycles. The van der Waals surface area contributed by atoms with Gasteiger partial charge in [0.05, 0.1) is 17.6 Å². The Hall–Kier alpha value is -2.69. The zero-order valence-electron chi connectivity index (χ0n) is 10.6. The first-order chi connectivity index (χ1) is 9.83. The first-order valence-corrected chi connectivity index (χ1v) is 6.14. The summed E-state index contributed by atoms with van der Waals surface area (Å²) < 4.78 is 20.7. The summed E-state index contributed by atoms with van der Waals surface area (Å²) in [6.07, 6.45) is 4.87. The Kier molecular flexibility index (Phi) is 3.41. The molecule has 0 radical (unpaired) electrons. The highest BCUT2D eigenvalue weighted by Gasteiger charge is 2.06. The Morgan fingerprint density at radius 3 is 2.70 bits per heavy atom. The second kappa shape index (κ2) is 5.52. The standard InChI is InChI=1S/C15H12FN3O/c16-13-6-1-2-7-14(13)19-9-15(18-11-19)20-10-12-5-3-4-8-17-12/h1-9,11H,10H2. The average Bonchev–Trinajstić information content (AvgIpc) is 2.95. The van der Waals surface area contributed by atoms with Crippen LogP contribution in [-0.4, -0.2) is 14.5 Å². The molecule has 20 heavy (non-hydrogen) atoms. The van der Waals surface area contributed by atoms with Crippen molar-refractivity contribution in [3.63, 3.8) is 0 Å². The number of para-hydroxylation sites is 1. The molecular weight excluding hydrogens is 257 g/mol. The molecule has 3 rings (SSSR count). The van der Waals surface area contributed by atoms with E-state index >= 15 is 0 Å². The molecular formula is C15H12FN3O. The maximum atomic E-state index is 13.6. The molecule has 0 saturated carbocycles. The predicted molar refractivity (Wildman–Crippen MR) is 72.1 cm³/mol. The molecule has 0 atom stereocenters. The predicted octanol–water partition coefficient (Wildman–Crippen LogP) is 2.99. The van der Waals surface area contributed by atoms with E-state index in [1.54, 1.807) is 35.2 Å². The fourth-order valence-corrected chi connectivity index (χ4v) is 1.80. The van der Waals surface area contributed by atoms with Gasteiger partial charge in [-0.15, -0.1) is 0 Å². The Labute approximate surface area is 115 Å². The molecule has 0 saturated heterocycles. The second-order valence-corrected chi connectivity index (χ2v) is 4.18. The van der Waals surface area contributed by atoms with Crippen LogP contribution in [0.1, 0.15) is 5.69 Å². The number of halogens is 1. The van der Waals surface area contributed by atoms with Crippen LogP contribution in [0.3, 0.4) is 0 Å². The molecule has 1 aromatic carbocycles. The van der Waals surface area contributed by atoms with Crippen molar-refractivity contribution in [1.29, 1.82) is 0 Å². The van der Waals surface area contributed by atoms with E-state index in [9.17, 15) is 4.39 Å². The summed E-state index contributed by atoms with van der Waals surface area (Å²) >= 11 is 0. The van der Waals surface area contributed by atoms with Crippen molar-refractivity contribution in [1.82, 2.24) is 14.5 Å². The van der Waals surface area contributed by atoms with Crippen LogP contribution in [0.4, 0.5) is 4.39 Å². The fraction of sp³-hybridized carbons (Fsp3) is 0.0667. The van der Waals surface area contributed by atoms with E-state index in [1.807, 2.05) is 18.2 Å². The molecule has 0 fully saturated rings. The molecule has 0 N–H and O–H groups in total. The number of aromatic nitrogens is 3. The van der Waals surface area contributed by atoms with E-state index in [4.69, 9.17) is 4.74 Å². The van der Waals surface area contributed by atoms with Crippen molar-refractivity contribution in [3.05, 3.63) is 72.7 Å². The molecule has 0 aliphatic carbocycles. The lowest BCUT2D eigenvalue weighted by molar-refractivity contribution is 0.290. The first-order valence-electron chi connectivity index (χ1n) is 6.14. The van der Waals surface area contributed by atoms with Crippen LogP contribution in [0.15, 0.2) is 61.2 Å². The van der Waals surface area contributed by atoms with E-state index < -0.39 is 0 Å². The summed E-state index contributed by atoms with van der Waals surface area (Å²) in [5.41, 5.74) is 1.25. The van der Waals surface area contributed by atoms with Crippen LogP contribution < -0.4 is 4.74 Å². The van der Waals surface area contributed by atoms with Gasteiger partial charge in [0.25, 0.3) is 0 Å². The minimum atomic E-state index is -0.304. The van der Waals surface area contributed by atoms with Crippen molar-refractivity contribution in [2.75, 3.05) is 0 Å². The van der Waals surface area contributed by atoms with Gasteiger partial charge < -0.3 is 4.74 Å². The molecule has 2 aromatic heterocycles. The van der Waals surface area contributed by atoms with Crippen LogP contribution in [0.5, 0.6) is 5.88 Å². The van der Waals surface area contributed by atoms with Crippen LogP contribution in [0.2, 0.25) is 0 Å². The second-order valence-electron chi connectivity index (χ2n) is 4.18. The topological polar surface area (TPSA) is 39.9 Å². The molecule has 3 aromatic rings. The molecule has 100 valence electrons. The smallest absolute Gasteiger partial charge is 0.232 e. The van der Waals surface area contributed by atoms with Crippen molar-refractivity contribution in [3.8, 4) is 11.6 Å². The molecule has 0 unspecified atom stereocenters. The van der Waals surface area contributed by atoms with Gasteiger partial charge >= 0.3 is 0 Å². The molecule has 4 nitrogen and oxygen atoms in total. The molecule has 0 bridgehead atoms. The van der Waals surface area contributed by atoms with Gasteiger partial charge in [0, 0.05) is 6.20 Å². The van der Waals surface area contributed by atoms with E-state index in [0.29, 0.717) is 18.2 Å². The molecule has 0 aliphatic rings. The van der Waals surface area contributed by atoms with Gasteiger partial charge in [-0.3, -0.25) is 9.55 Å². The van der Waals surface area contributed by atoms with E-state index in [1.165, 1.54) is 12.4 Å². The van der Waals surface area contributed by atoms with Crippen molar-refractivity contribution < 1.29 is 9.13 Å². The number of ether oxygens (including phenoxy) is 1. The number of hydrogen-bond acceptors (Lipinski definition) is 3. The minimum absolute atomic E-state index is 0.304. The summed E-state index contributed by atoms with van der Waals surface area (Å²) in [6.45, 7) is 0.328. The lowest BCUT2D eigenvalue weighted by Gasteiger charge is -2.03. The van der Waals surface area contributed by atoms with Gasteiger partial charge in [-0.25, -0.2) is 9.37 Å². The van der Waals surface area contributed by atoms with Gasteiger partial charge in [0.15, 0.2) is 0 Å². The monoisotopic (exact) mass is 269 g/mol. The highest BCUT2D eigenvalue weighted by atomic mass is 19.1. The Morgan fingerprint density at radius 1 is 1.05 bits per heavy atom.